The normalized spacial score (nSPS) is 10.8. The van der Waals surface area contributed by atoms with E-state index in [0.29, 0.717) is 0 Å². The molecule has 4 aromatic rings. The maximum absolute atomic E-state index is 4.49. The number of anilines is 2. The fourth-order valence-corrected chi connectivity index (χ4v) is 2.63. The number of hydrogen-bond acceptors (Lipinski definition) is 3. The lowest BCUT2D eigenvalue weighted by atomic mass is 10.2. The van der Waals surface area contributed by atoms with Crippen LogP contribution < -0.4 is 5.32 Å². The van der Waals surface area contributed by atoms with Crippen LogP contribution in [0, 0.1) is 6.92 Å². The van der Waals surface area contributed by atoms with E-state index in [1.165, 1.54) is 5.56 Å². The average Bonchev–Trinajstić information content (AvgIpc) is 2.99. The first-order valence-electron chi connectivity index (χ1n) is 7.52. The summed E-state index contributed by atoms with van der Waals surface area (Å²) >= 11 is 0. The van der Waals surface area contributed by atoms with Crippen molar-refractivity contribution in [3.05, 3.63) is 72.6 Å². The molecule has 0 atom stereocenters. The van der Waals surface area contributed by atoms with Gasteiger partial charge in [-0.1, -0.05) is 18.2 Å². The molecule has 0 amide bonds. The lowest BCUT2D eigenvalue weighted by Gasteiger charge is -2.06. The van der Waals surface area contributed by atoms with Gasteiger partial charge in [0.05, 0.1) is 16.9 Å². The Morgan fingerprint density at radius 3 is 2.74 bits per heavy atom. The van der Waals surface area contributed by atoms with Crippen LogP contribution in [0.25, 0.3) is 22.3 Å². The van der Waals surface area contributed by atoms with Crippen LogP contribution in [0.2, 0.25) is 0 Å². The van der Waals surface area contributed by atoms with Crippen LogP contribution in [0.15, 0.2) is 67.0 Å². The van der Waals surface area contributed by atoms with Crippen LogP contribution in [0.1, 0.15) is 5.56 Å². The minimum absolute atomic E-state index is 0.817. The zero-order chi connectivity index (χ0) is 15.6. The van der Waals surface area contributed by atoms with Gasteiger partial charge in [-0.05, 0) is 42.8 Å². The average molecular weight is 300 g/mol. The van der Waals surface area contributed by atoms with E-state index in [2.05, 4.69) is 45.4 Å². The van der Waals surface area contributed by atoms with Crippen LogP contribution in [0.3, 0.4) is 0 Å². The van der Waals surface area contributed by atoms with Crippen LogP contribution >= 0.6 is 0 Å². The molecule has 0 fully saturated rings. The Balaban J connectivity index is 1.68. The van der Waals surface area contributed by atoms with Gasteiger partial charge in [0.25, 0.3) is 0 Å². The molecular weight excluding hydrogens is 284 g/mol. The van der Waals surface area contributed by atoms with Crippen molar-refractivity contribution >= 4 is 22.4 Å². The summed E-state index contributed by atoms with van der Waals surface area (Å²) < 4.78 is 0. The summed E-state index contributed by atoms with van der Waals surface area (Å²) in [5.74, 6) is 0.817. The molecule has 0 unspecified atom stereocenters. The van der Waals surface area contributed by atoms with Gasteiger partial charge in [-0.25, -0.2) is 4.98 Å². The highest BCUT2D eigenvalue weighted by Crippen LogP contribution is 2.25. The molecule has 0 radical (unpaired) electrons. The number of hydrogen-bond donors (Lipinski definition) is 2. The molecule has 0 spiro atoms. The van der Waals surface area contributed by atoms with Gasteiger partial charge in [-0.2, -0.15) is 0 Å². The molecule has 0 saturated carbocycles. The van der Waals surface area contributed by atoms with Crippen molar-refractivity contribution < 1.29 is 0 Å². The Labute approximate surface area is 134 Å². The quantitative estimate of drug-likeness (QED) is 0.577. The van der Waals surface area contributed by atoms with Crippen molar-refractivity contribution in [3.63, 3.8) is 0 Å². The highest BCUT2D eigenvalue weighted by atomic mass is 15.0. The summed E-state index contributed by atoms with van der Waals surface area (Å²) in [7, 11) is 0. The summed E-state index contributed by atoms with van der Waals surface area (Å²) in [6.45, 7) is 2.08. The van der Waals surface area contributed by atoms with E-state index in [4.69, 9.17) is 0 Å². The van der Waals surface area contributed by atoms with Crippen molar-refractivity contribution in [2.24, 2.45) is 0 Å². The Morgan fingerprint density at radius 1 is 0.957 bits per heavy atom. The molecule has 0 aliphatic heterocycles. The van der Waals surface area contributed by atoms with Crippen molar-refractivity contribution in [2.45, 2.75) is 6.92 Å². The summed E-state index contributed by atoms with van der Waals surface area (Å²) in [5.41, 5.74) is 5.21. The number of pyridine rings is 2. The molecule has 23 heavy (non-hydrogen) atoms. The molecule has 0 bridgehead atoms. The van der Waals surface area contributed by atoms with Crippen molar-refractivity contribution in [1.82, 2.24) is 15.0 Å². The second-order valence-electron chi connectivity index (χ2n) is 5.55. The highest BCUT2D eigenvalue weighted by molar-refractivity contribution is 5.86. The third-order valence-electron chi connectivity index (χ3n) is 3.74. The maximum atomic E-state index is 4.49. The number of fused-ring (bicyclic) bond motifs is 1. The lowest BCUT2D eigenvalue weighted by molar-refractivity contribution is 1.29. The van der Waals surface area contributed by atoms with Crippen LogP contribution in [-0.4, -0.2) is 15.0 Å². The number of nitrogens with zero attached hydrogens (tertiary/aromatic N) is 2. The lowest BCUT2D eigenvalue weighted by Crippen LogP contribution is -1.93. The fourth-order valence-electron chi connectivity index (χ4n) is 2.63. The zero-order valence-corrected chi connectivity index (χ0v) is 12.7. The Morgan fingerprint density at radius 2 is 1.91 bits per heavy atom. The monoisotopic (exact) mass is 300 g/mol. The molecule has 4 nitrogen and oxygen atoms in total. The zero-order valence-electron chi connectivity index (χ0n) is 12.7. The largest absolute Gasteiger partial charge is 0.353 e. The first-order valence-corrected chi connectivity index (χ1v) is 7.52. The van der Waals surface area contributed by atoms with Gasteiger partial charge in [-0.15, -0.1) is 0 Å². The van der Waals surface area contributed by atoms with Crippen molar-refractivity contribution in [1.29, 1.82) is 0 Å². The summed E-state index contributed by atoms with van der Waals surface area (Å²) in [5, 5.41) is 4.41. The van der Waals surface area contributed by atoms with Gasteiger partial charge in [-0.3, -0.25) is 4.98 Å². The third-order valence-corrected chi connectivity index (χ3v) is 3.74. The number of nitrogens with one attached hydrogen (secondary N) is 2. The number of aromatic nitrogens is 3. The number of benzene rings is 1. The van der Waals surface area contributed by atoms with Crippen molar-refractivity contribution in [3.8, 4) is 11.4 Å². The van der Waals surface area contributed by atoms with Gasteiger partial charge in [0.1, 0.15) is 5.82 Å². The molecule has 0 aliphatic rings. The molecule has 2 N–H and O–H groups in total. The smallest absolute Gasteiger partial charge is 0.132 e. The standard InChI is InChI=1S/C19H16N4/c1-13-5-4-6-15(9-13)22-19-11-17-14(12-21-19)10-18(23-17)16-7-2-3-8-20-16/h2-12,23H,1H3,(H,21,22). The highest BCUT2D eigenvalue weighted by Gasteiger charge is 2.06. The Hall–Kier alpha value is -3.14. The first-order chi connectivity index (χ1) is 11.3. The molecule has 112 valence electrons. The number of H-pyrrole nitrogens is 1. The predicted octanol–water partition coefficient (Wildman–Crippen LogP) is 4.68. The topological polar surface area (TPSA) is 53.6 Å². The summed E-state index contributed by atoms with van der Waals surface area (Å²) in [4.78, 5) is 12.3. The van der Waals surface area contributed by atoms with E-state index in [0.717, 1.165) is 33.8 Å². The molecule has 3 heterocycles. The molecule has 4 rings (SSSR count). The Bertz CT molecular complexity index is 957. The minimum atomic E-state index is 0.817. The number of aromatic amines is 1. The second kappa shape index (κ2) is 5.57. The predicted molar refractivity (Wildman–Crippen MR) is 93.8 cm³/mol. The Kier molecular flexibility index (Phi) is 3.27. The van der Waals surface area contributed by atoms with Crippen LogP contribution in [0.5, 0.6) is 0 Å². The van der Waals surface area contributed by atoms with E-state index in [9.17, 15) is 0 Å². The summed E-state index contributed by atoms with van der Waals surface area (Å²) in [6, 6.07) is 18.2. The van der Waals surface area contributed by atoms with Crippen LogP contribution in [-0.2, 0) is 0 Å². The molecule has 4 heteroatoms. The van der Waals surface area contributed by atoms with E-state index in [1.807, 2.05) is 42.6 Å². The van der Waals surface area contributed by atoms with E-state index in [1.54, 1.807) is 6.20 Å². The third kappa shape index (κ3) is 2.79. The van der Waals surface area contributed by atoms with Crippen molar-refractivity contribution in [2.75, 3.05) is 5.32 Å². The number of rotatable bonds is 3. The van der Waals surface area contributed by atoms with Gasteiger partial charge in [0.2, 0.25) is 0 Å². The molecule has 0 saturated heterocycles. The molecule has 0 aliphatic carbocycles. The molecule has 1 aromatic carbocycles. The van der Waals surface area contributed by atoms with E-state index < -0.39 is 0 Å². The van der Waals surface area contributed by atoms with E-state index in [-0.39, 0.29) is 0 Å². The number of aryl methyl sites for hydroxylation is 1. The fraction of sp³-hybridized carbons (Fsp3) is 0.0526. The van der Waals surface area contributed by atoms with Gasteiger partial charge in [0.15, 0.2) is 0 Å². The van der Waals surface area contributed by atoms with E-state index >= 15 is 0 Å². The summed E-state index contributed by atoms with van der Waals surface area (Å²) in [6.07, 6.45) is 3.67. The van der Waals surface area contributed by atoms with Gasteiger partial charge in [0, 0.05) is 29.5 Å². The molecular formula is C19H16N4. The van der Waals surface area contributed by atoms with Crippen LogP contribution in [0.4, 0.5) is 11.5 Å². The maximum Gasteiger partial charge on any atom is 0.132 e. The second-order valence-corrected chi connectivity index (χ2v) is 5.55. The van der Waals surface area contributed by atoms with Gasteiger partial charge < -0.3 is 10.3 Å². The molecule has 3 aromatic heterocycles. The minimum Gasteiger partial charge on any atom is -0.353 e. The SMILES string of the molecule is Cc1cccc(Nc2cc3[nH]c(-c4ccccn4)cc3cn2)c1. The first kappa shape index (κ1) is 13.5. The van der Waals surface area contributed by atoms with Gasteiger partial charge >= 0.3 is 0 Å².